The number of pyridine rings is 1. The van der Waals surface area contributed by atoms with E-state index in [0.29, 0.717) is 12.6 Å². The zero-order valence-corrected chi connectivity index (χ0v) is 19.0. The number of nitrogens with zero attached hydrogens (tertiary/aromatic N) is 3. The first-order valence-corrected chi connectivity index (χ1v) is 11.4. The Balaban J connectivity index is 1.61. The molecule has 3 aromatic rings. The van der Waals surface area contributed by atoms with Crippen molar-refractivity contribution in [1.29, 1.82) is 0 Å². The number of aromatic nitrogens is 2. The van der Waals surface area contributed by atoms with Crippen molar-refractivity contribution in [2.24, 2.45) is 0 Å². The van der Waals surface area contributed by atoms with Gasteiger partial charge in [-0.25, -0.2) is 0 Å². The molecule has 5 rings (SSSR count). The molecule has 1 aromatic carbocycles. The molecule has 160 valence electrons. The normalized spacial score (nSPS) is 20.7. The van der Waals surface area contributed by atoms with Gasteiger partial charge < -0.3 is 19.5 Å². The first kappa shape index (κ1) is 20.1. The Bertz CT molecular complexity index is 1090. The van der Waals surface area contributed by atoms with Crippen LogP contribution in [0.5, 0.6) is 5.75 Å². The molecule has 1 saturated heterocycles. The average molecular weight is 433 g/mol. The predicted octanol–water partition coefficient (Wildman–Crippen LogP) is 5.41. The van der Waals surface area contributed by atoms with Gasteiger partial charge in [-0.2, -0.15) is 0 Å². The first-order chi connectivity index (χ1) is 15.1. The lowest BCUT2D eigenvalue weighted by atomic mass is 9.96. The topological polar surface area (TPSA) is 42.3 Å². The molecule has 2 aromatic heterocycles. The monoisotopic (exact) mass is 432 g/mol. The summed E-state index contributed by atoms with van der Waals surface area (Å²) in [5.41, 5.74) is 6.01. The quantitative estimate of drug-likeness (QED) is 0.528. The molecule has 3 heterocycles. The standard InChI is InChI=1S/C25H28N4OS/c1-4-30-20-12-10-19(11-13-20)29-24(21-15-16(2)28(17(21)3)18-8-9-18)23(27-25(29)31)22-7-5-6-14-26-22/h5-7,10-15,18,23-24H,4,8-9H2,1-3H3,(H,27,31)/t23-,24-/m0/s1. The van der Waals surface area contributed by atoms with E-state index in [9.17, 15) is 0 Å². The van der Waals surface area contributed by atoms with Crippen molar-refractivity contribution in [1.82, 2.24) is 14.9 Å². The van der Waals surface area contributed by atoms with E-state index in [2.05, 4.69) is 57.9 Å². The minimum absolute atomic E-state index is 0.0200. The summed E-state index contributed by atoms with van der Waals surface area (Å²) in [7, 11) is 0. The molecule has 1 aliphatic heterocycles. The summed E-state index contributed by atoms with van der Waals surface area (Å²) in [6, 6.07) is 17.3. The number of rotatable bonds is 6. The van der Waals surface area contributed by atoms with Crippen molar-refractivity contribution < 1.29 is 4.74 Å². The maximum Gasteiger partial charge on any atom is 0.174 e. The van der Waals surface area contributed by atoms with Gasteiger partial charge in [0, 0.05) is 29.3 Å². The molecule has 2 aliphatic rings. The van der Waals surface area contributed by atoms with Gasteiger partial charge in [0.05, 0.1) is 24.4 Å². The molecule has 0 amide bonds. The highest BCUT2D eigenvalue weighted by molar-refractivity contribution is 7.80. The fraction of sp³-hybridized carbons (Fsp3) is 0.360. The highest BCUT2D eigenvalue weighted by atomic mass is 32.1. The number of aryl methyl sites for hydroxylation is 1. The fourth-order valence-electron chi connectivity index (χ4n) is 4.82. The third kappa shape index (κ3) is 3.59. The van der Waals surface area contributed by atoms with E-state index in [1.165, 1.54) is 29.8 Å². The smallest absolute Gasteiger partial charge is 0.174 e. The third-order valence-corrected chi connectivity index (χ3v) is 6.59. The van der Waals surface area contributed by atoms with Gasteiger partial charge in [0.1, 0.15) is 5.75 Å². The highest BCUT2D eigenvalue weighted by Gasteiger charge is 2.42. The minimum atomic E-state index is -0.0200. The molecule has 1 N–H and O–H groups in total. The number of thiocarbonyl (C=S) groups is 1. The Morgan fingerprint density at radius 2 is 1.90 bits per heavy atom. The molecule has 5 nitrogen and oxygen atoms in total. The maximum absolute atomic E-state index is 5.86. The van der Waals surface area contributed by atoms with Gasteiger partial charge in [-0.15, -0.1) is 0 Å². The molecule has 0 radical (unpaired) electrons. The molecule has 2 atom stereocenters. The number of anilines is 1. The highest BCUT2D eigenvalue weighted by Crippen LogP contribution is 2.46. The van der Waals surface area contributed by atoms with Gasteiger partial charge in [0.15, 0.2) is 5.11 Å². The van der Waals surface area contributed by atoms with Gasteiger partial charge in [-0.3, -0.25) is 4.98 Å². The summed E-state index contributed by atoms with van der Waals surface area (Å²) >= 11 is 5.86. The summed E-state index contributed by atoms with van der Waals surface area (Å²) in [6.07, 6.45) is 4.39. The molecule has 6 heteroatoms. The first-order valence-electron chi connectivity index (χ1n) is 11.0. The second-order valence-corrected chi connectivity index (χ2v) is 8.74. The largest absolute Gasteiger partial charge is 0.494 e. The minimum Gasteiger partial charge on any atom is -0.494 e. The van der Waals surface area contributed by atoms with Crippen LogP contribution in [0.3, 0.4) is 0 Å². The molecule has 31 heavy (non-hydrogen) atoms. The molecular formula is C25H28N4OS. The Labute approximate surface area is 189 Å². The van der Waals surface area contributed by atoms with Crippen LogP contribution >= 0.6 is 12.2 Å². The summed E-state index contributed by atoms with van der Waals surface area (Å²) in [5.74, 6) is 0.870. The van der Waals surface area contributed by atoms with Crippen LogP contribution in [0.4, 0.5) is 5.69 Å². The molecule has 0 unspecified atom stereocenters. The van der Waals surface area contributed by atoms with Crippen molar-refractivity contribution in [3.63, 3.8) is 0 Å². The predicted molar refractivity (Wildman–Crippen MR) is 128 cm³/mol. The number of benzene rings is 1. The summed E-state index contributed by atoms with van der Waals surface area (Å²) in [4.78, 5) is 6.91. The summed E-state index contributed by atoms with van der Waals surface area (Å²) in [5, 5.41) is 4.29. The molecular weight excluding hydrogens is 404 g/mol. The SMILES string of the molecule is CCOc1ccc(N2C(=S)N[C@@H](c3ccccn3)[C@@H]2c2cc(C)n(C3CC3)c2C)cc1. The van der Waals surface area contributed by atoms with E-state index >= 15 is 0 Å². The Hall–Kier alpha value is -2.86. The number of hydrogen-bond donors (Lipinski definition) is 1. The van der Waals surface area contributed by atoms with Gasteiger partial charge in [0.25, 0.3) is 0 Å². The van der Waals surface area contributed by atoms with Crippen LogP contribution in [0.15, 0.2) is 54.7 Å². The van der Waals surface area contributed by atoms with Gasteiger partial charge in [-0.05, 0) is 93.9 Å². The number of hydrogen-bond acceptors (Lipinski definition) is 3. The van der Waals surface area contributed by atoms with Crippen LogP contribution < -0.4 is 15.0 Å². The Kier molecular flexibility index (Phi) is 5.18. The lowest BCUT2D eigenvalue weighted by Gasteiger charge is -2.28. The fourth-order valence-corrected chi connectivity index (χ4v) is 5.16. The summed E-state index contributed by atoms with van der Waals surface area (Å²) in [6.45, 7) is 7.11. The van der Waals surface area contributed by atoms with E-state index in [4.69, 9.17) is 17.0 Å². The third-order valence-electron chi connectivity index (χ3n) is 6.28. The molecule has 2 fully saturated rings. The maximum atomic E-state index is 5.86. The molecule has 1 saturated carbocycles. The lowest BCUT2D eigenvalue weighted by molar-refractivity contribution is 0.340. The van der Waals surface area contributed by atoms with E-state index in [1.54, 1.807) is 0 Å². The summed E-state index contributed by atoms with van der Waals surface area (Å²) < 4.78 is 8.15. The van der Waals surface area contributed by atoms with Crippen molar-refractivity contribution in [2.45, 2.75) is 51.7 Å². The molecule has 0 bridgehead atoms. The Morgan fingerprint density at radius 3 is 2.55 bits per heavy atom. The average Bonchev–Trinajstić information content (AvgIpc) is 3.49. The zero-order valence-electron chi connectivity index (χ0n) is 18.2. The number of nitrogens with one attached hydrogen (secondary N) is 1. The van der Waals surface area contributed by atoms with Crippen molar-refractivity contribution >= 4 is 23.0 Å². The Morgan fingerprint density at radius 1 is 1.13 bits per heavy atom. The second-order valence-electron chi connectivity index (χ2n) is 8.35. The molecule has 1 aliphatic carbocycles. The van der Waals surface area contributed by atoms with E-state index < -0.39 is 0 Å². The van der Waals surface area contributed by atoms with Gasteiger partial charge in [0.2, 0.25) is 0 Å². The van der Waals surface area contributed by atoms with Gasteiger partial charge in [-0.1, -0.05) is 6.07 Å². The van der Waals surface area contributed by atoms with Crippen molar-refractivity contribution in [3.8, 4) is 5.75 Å². The van der Waals surface area contributed by atoms with E-state index in [-0.39, 0.29) is 12.1 Å². The van der Waals surface area contributed by atoms with Crippen LogP contribution in [0.25, 0.3) is 0 Å². The van der Waals surface area contributed by atoms with Crippen LogP contribution in [0, 0.1) is 13.8 Å². The molecule has 0 spiro atoms. The van der Waals surface area contributed by atoms with E-state index in [1.807, 2.05) is 37.4 Å². The lowest BCUT2D eigenvalue weighted by Crippen LogP contribution is -2.29. The van der Waals surface area contributed by atoms with Crippen LogP contribution in [0.2, 0.25) is 0 Å². The van der Waals surface area contributed by atoms with Gasteiger partial charge >= 0.3 is 0 Å². The second kappa shape index (κ2) is 8.00. The van der Waals surface area contributed by atoms with Crippen LogP contribution in [-0.4, -0.2) is 21.3 Å². The van der Waals surface area contributed by atoms with Crippen molar-refractivity contribution in [2.75, 3.05) is 11.5 Å². The van der Waals surface area contributed by atoms with Crippen molar-refractivity contribution in [3.05, 3.63) is 77.4 Å². The van der Waals surface area contributed by atoms with Crippen LogP contribution in [0.1, 0.15) is 60.5 Å². The zero-order chi connectivity index (χ0) is 21.5. The van der Waals surface area contributed by atoms with E-state index in [0.717, 1.165) is 22.2 Å². The van der Waals surface area contributed by atoms with Crippen LogP contribution in [-0.2, 0) is 0 Å². The number of ether oxygens (including phenoxy) is 1.